The molecule has 1 saturated carbocycles. The van der Waals surface area contributed by atoms with Gasteiger partial charge in [0.2, 0.25) is 5.91 Å². The highest BCUT2D eigenvalue weighted by Crippen LogP contribution is 2.23. The van der Waals surface area contributed by atoms with Crippen molar-refractivity contribution in [3.63, 3.8) is 0 Å². The molecule has 1 aromatic carbocycles. The third kappa shape index (κ3) is 3.16. The Morgan fingerprint density at radius 2 is 2.09 bits per heavy atom. The van der Waals surface area contributed by atoms with Crippen molar-refractivity contribution in [2.75, 3.05) is 0 Å². The van der Waals surface area contributed by atoms with Crippen LogP contribution in [-0.2, 0) is 17.8 Å². The zero-order chi connectivity index (χ0) is 16.6. The van der Waals surface area contributed by atoms with E-state index in [9.17, 15) is 9.59 Å². The number of benzene rings is 1. The van der Waals surface area contributed by atoms with Crippen LogP contribution in [0.1, 0.15) is 50.8 Å². The van der Waals surface area contributed by atoms with Crippen molar-refractivity contribution < 1.29 is 4.79 Å². The summed E-state index contributed by atoms with van der Waals surface area (Å²) in [6.45, 7) is 6.47. The highest BCUT2D eigenvalue weighted by Gasteiger charge is 2.24. The molecule has 122 valence electrons. The van der Waals surface area contributed by atoms with Gasteiger partial charge < -0.3 is 9.88 Å². The summed E-state index contributed by atoms with van der Waals surface area (Å²) in [5.74, 6) is 0.219. The Labute approximate surface area is 136 Å². The molecule has 1 heterocycles. The number of carbonyl (C=O) groups is 1. The molecule has 1 aromatic heterocycles. The lowest BCUT2D eigenvalue weighted by Gasteiger charge is -2.20. The zero-order valence-electron chi connectivity index (χ0n) is 14.1. The van der Waals surface area contributed by atoms with Crippen LogP contribution in [0, 0.1) is 0 Å². The van der Waals surface area contributed by atoms with E-state index in [0.29, 0.717) is 11.4 Å². The number of amides is 1. The van der Waals surface area contributed by atoms with Gasteiger partial charge in [-0.05, 0) is 36.8 Å². The first-order valence-electron chi connectivity index (χ1n) is 8.46. The van der Waals surface area contributed by atoms with Gasteiger partial charge in [-0.15, -0.1) is 0 Å². The minimum absolute atomic E-state index is 0.0326. The summed E-state index contributed by atoms with van der Waals surface area (Å²) in [5, 5.41) is 3.75. The smallest absolute Gasteiger partial charge is 0.240 e. The van der Waals surface area contributed by atoms with E-state index < -0.39 is 0 Å². The number of hydrogen-bond acceptors (Lipinski definition) is 2. The molecule has 2 aromatic rings. The maximum Gasteiger partial charge on any atom is 0.240 e. The molecule has 4 heteroatoms. The molecule has 0 saturated heterocycles. The van der Waals surface area contributed by atoms with Crippen molar-refractivity contribution in [2.45, 2.75) is 58.5 Å². The largest absolute Gasteiger partial charge is 0.352 e. The summed E-state index contributed by atoms with van der Waals surface area (Å²) in [6, 6.07) is 7.86. The number of aromatic nitrogens is 1. The van der Waals surface area contributed by atoms with Gasteiger partial charge in [0.1, 0.15) is 6.54 Å². The van der Waals surface area contributed by atoms with E-state index in [0.717, 1.165) is 36.0 Å². The SMILES string of the molecule is CCc1cccc2c(=O)cc(C(C)C)n(CC(=O)NC3CC3)c12. The van der Waals surface area contributed by atoms with Gasteiger partial charge in [-0.3, -0.25) is 9.59 Å². The Balaban J connectivity index is 2.17. The summed E-state index contributed by atoms with van der Waals surface area (Å²) in [5.41, 5.74) is 2.99. The molecule has 3 rings (SSSR count). The maximum absolute atomic E-state index is 12.5. The van der Waals surface area contributed by atoms with E-state index in [1.807, 2.05) is 22.8 Å². The van der Waals surface area contributed by atoms with Gasteiger partial charge in [0.05, 0.1) is 5.52 Å². The quantitative estimate of drug-likeness (QED) is 0.923. The van der Waals surface area contributed by atoms with E-state index in [-0.39, 0.29) is 23.8 Å². The average molecular weight is 312 g/mol. The lowest BCUT2D eigenvalue weighted by atomic mass is 10.0. The lowest BCUT2D eigenvalue weighted by Crippen LogP contribution is -2.31. The predicted molar refractivity (Wildman–Crippen MR) is 92.8 cm³/mol. The van der Waals surface area contributed by atoms with Gasteiger partial charge >= 0.3 is 0 Å². The Hall–Kier alpha value is -2.10. The van der Waals surface area contributed by atoms with E-state index in [1.165, 1.54) is 0 Å². The van der Waals surface area contributed by atoms with Gasteiger partial charge in [0.25, 0.3) is 0 Å². The second-order valence-electron chi connectivity index (χ2n) is 6.68. The van der Waals surface area contributed by atoms with Crippen LogP contribution in [0.15, 0.2) is 29.1 Å². The number of hydrogen-bond donors (Lipinski definition) is 1. The predicted octanol–water partition coefficient (Wildman–Crippen LogP) is 2.97. The van der Waals surface area contributed by atoms with Gasteiger partial charge in [0, 0.05) is 23.2 Å². The second kappa shape index (κ2) is 6.19. The molecule has 1 aliphatic carbocycles. The summed E-state index contributed by atoms with van der Waals surface area (Å²) < 4.78 is 2.04. The molecule has 0 bridgehead atoms. The van der Waals surface area contributed by atoms with Crippen LogP contribution in [0.5, 0.6) is 0 Å². The monoisotopic (exact) mass is 312 g/mol. The topological polar surface area (TPSA) is 51.1 Å². The molecule has 1 N–H and O–H groups in total. The van der Waals surface area contributed by atoms with E-state index in [2.05, 4.69) is 26.1 Å². The van der Waals surface area contributed by atoms with Crippen molar-refractivity contribution in [3.05, 3.63) is 45.7 Å². The number of nitrogens with zero attached hydrogens (tertiary/aromatic N) is 1. The third-order valence-electron chi connectivity index (χ3n) is 4.46. The number of pyridine rings is 1. The number of fused-ring (bicyclic) bond motifs is 1. The van der Waals surface area contributed by atoms with Crippen LogP contribution in [0.4, 0.5) is 0 Å². The molecule has 23 heavy (non-hydrogen) atoms. The van der Waals surface area contributed by atoms with E-state index >= 15 is 0 Å². The first-order chi connectivity index (χ1) is 11.0. The number of aryl methyl sites for hydroxylation is 1. The van der Waals surface area contributed by atoms with Crippen molar-refractivity contribution in [1.29, 1.82) is 0 Å². The fourth-order valence-corrected chi connectivity index (χ4v) is 3.11. The molecular formula is C19H24N2O2. The fourth-order valence-electron chi connectivity index (χ4n) is 3.11. The molecular weight excluding hydrogens is 288 g/mol. The molecule has 0 atom stereocenters. The molecule has 1 aliphatic rings. The standard InChI is InChI=1S/C19H24N2O2/c1-4-13-6-5-7-15-17(22)10-16(12(2)3)21(19(13)15)11-18(23)20-14-8-9-14/h5-7,10,12,14H,4,8-9,11H2,1-3H3,(H,20,23). The van der Waals surface area contributed by atoms with E-state index in [4.69, 9.17) is 0 Å². The summed E-state index contributed by atoms with van der Waals surface area (Å²) in [4.78, 5) is 24.8. The van der Waals surface area contributed by atoms with Crippen LogP contribution in [0.25, 0.3) is 10.9 Å². The Morgan fingerprint density at radius 3 is 2.70 bits per heavy atom. The number of carbonyl (C=O) groups excluding carboxylic acids is 1. The number of rotatable bonds is 5. The van der Waals surface area contributed by atoms with Crippen molar-refractivity contribution >= 4 is 16.8 Å². The second-order valence-corrected chi connectivity index (χ2v) is 6.68. The number of para-hydroxylation sites is 1. The first-order valence-corrected chi connectivity index (χ1v) is 8.46. The van der Waals surface area contributed by atoms with Gasteiger partial charge in [-0.1, -0.05) is 32.9 Å². The highest BCUT2D eigenvalue weighted by molar-refractivity contribution is 5.85. The molecule has 0 spiro atoms. The highest BCUT2D eigenvalue weighted by atomic mass is 16.2. The lowest BCUT2D eigenvalue weighted by molar-refractivity contribution is -0.121. The average Bonchev–Trinajstić information content (AvgIpc) is 3.32. The Kier molecular flexibility index (Phi) is 4.24. The summed E-state index contributed by atoms with van der Waals surface area (Å²) in [7, 11) is 0. The first kappa shape index (κ1) is 15.8. The van der Waals surface area contributed by atoms with Crippen LogP contribution in [0.2, 0.25) is 0 Å². The molecule has 0 radical (unpaired) electrons. The fraction of sp³-hybridized carbons (Fsp3) is 0.474. The molecule has 1 fully saturated rings. The van der Waals surface area contributed by atoms with Crippen molar-refractivity contribution in [1.82, 2.24) is 9.88 Å². The molecule has 0 aliphatic heterocycles. The Bertz CT molecular complexity index is 801. The van der Waals surface area contributed by atoms with E-state index in [1.54, 1.807) is 6.07 Å². The van der Waals surface area contributed by atoms with Crippen molar-refractivity contribution in [2.24, 2.45) is 0 Å². The summed E-state index contributed by atoms with van der Waals surface area (Å²) in [6.07, 6.45) is 2.99. The normalized spacial score (nSPS) is 14.4. The maximum atomic E-state index is 12.5. The van der Waals surface area contributed by atoms with Crippen LogP contribution >= 0.6 is 0 Å². The third-order valence-corrected chi connectivity index (χ3v) is 4.46. The van der Waals surface area contributed by atoms with Gasteiger partial charge in [-0.2, -0.15) is 0 Å². The minimum Gasteiger partial charge on any atom is -0.352 e. The number of nitrogens with one attached hydrogen (secondary N) is 1. The molecule has 0 unspecified atom stereocenters. The summed E-state index contributed by atoms with van der Waals surface area (Å²) >= 11 is 0. The molecule has 1 amide bonds. The van der Waals surface area contributed by atoms with Crippen LogP contribution < -0.4 is 10.7 Å². The van der Waals surface area contributed by atoms with Crippen molar-refractivity contribution in [3.8, 4) is 0 Å². The Morgan fingerprint density at radius 1 is 1.35 bits per heavy atom. The van der Waals surface area contributed by atoms with Gasteiger partial charge in [0.15, 0.2) is 5.43 Å². The van der Waals surface area contributed by atoms with Crippen LogP contribution in [-0.4, -0.2) is 16.5 Å². The van der Waals surface area contributed by atoms with Crippen LogP contribution in [0.3, 0.4) is 0 Å². The minimum atomic E-state index is 0.0326. The van der Waals surface area contributed by atoms with Gasteiger partial charge in [-0.25, -0.2) is 0 Å². The zero-order valence-corrected chi connectivity index (χ0v) is 14.1. The molecule has 4 nitrogen and oxygen atoms in total.